The molecule has 0 aliphatic heterocycles. The molecule has 22 heteroatoms. The topological polar surface area (TPSA) is 26.3 Å². The van der Waals surface area contributed by atoms with Gasteiger partial charge in [-0.05, 0) is 18.3 Å². The first-order chi connectivity index (χ1) is 19.8. The fraction of sp³-hybridized carbons (Fsp3) is 0.957. The lowest BCUT2D eigenvalue weighted by atomic mass is 9.78. The van der Waals surface area contributed by atoms with Gasteiger partial charge in [-0.1, -0.05) is 45.4 Å². The summed E-state index contributed by atoms with van der Waals surface area (Å²) in [7, 11) is 0. The minimum Gasteiger partial charge on any atom is -0.459 e. The first-order valence-corrected chi connectivity index (χ1v) is 12.7. The van der Waals surface area contributed by atoms with E-state index in [-0.39, 0.29) is 12.3 Å². The summed E-state index contributed by atoms with van der Waals surface area (Å²) in [4.78, 5) is 11.7. The van der Waals surface area contributed by atoms with E-state index in [1.165, 1.54) is 0 Å². The van der Waals surface area contributed by atoms with Crippen LogP contribution < -0.4 is 0 Å². The van der Waals surface area contributed by atoms with E-state index in [0.717, 1.165) is 12.8 Å². The maximum atomic E-state index is 13.9. The first-order valence-electron chi connectivity index (χ1n) is 12.7. The third kappa shape index (κ3) is 6.75. The largest absolute Gasteiger partial charge is 0.459 e. The second kappa shape index (κ2) is 12.9. The molecule has 0 N–H and O–H groups in total. The van der Waals surface area contributed by atoms with Crippen molar-refractivity contribution in [3.8, 4) is 0 Å². The van der Waals surface area contributed by atoms with Crippen molar-refractivity contribution in [1.82, 2.24) is 0 Å². The number of rotatable bonds is 16. The Bertz CT molecular complexity index is 1000. The molecule has 1 aliphatic rings. The van der Waals surface area contributed by atoms with Crippen molar-refractivity contribution in [3.05, 3.63) is 0 Å². The minimum absolute atomic E-state index is 0.126. The summed E-state index contributed by atoms with van der Waals surface area (Å²) in [6.45, 7) is -1.40. The number of hydrogen-bond donors (Lipinski definition) is 0. The molecule has 0 saturated heterocycles. The Kier molecular flexibility index (Phi) is 11.8. The highest BCUT2D eigenvalue weighted by atomic mass is 19.4. The van der Waals surface area contributed by atoms with Crippen LogP contribution in [-0.2, 0) is 9.53 Å². The van der Waals surface area contributed by atoms with Crippen LogP contribution >= 0.6 is 0 Å². The van der Waals surface area contributed by atoms with Gasteiger partial charge in [-0.3, -0.25) is 4.79 Å². The molecule has 0 bridgehead atoms. The van der Waals surface area contributed by atoms with Crippen LogP contribution in [0.5, 0.6) is 0 Å². The maximum absolute atomic E-state index is 13.9. The van der Waals surface area contributed by atoms with E-state index in [0.29, 0.717) is 31.6 Å². The monoisotopic (exact) mass is 712 g/mol. The van der Waals surface area contributed by atoms with Gasteiger partial charge in [-0.2, -0.15) is 79.0 Å². The molecule has 268 valence electrons. The number of carbonyl (C=O) groups excluding carboxylic acids is 1. The average molecular weight is 712 g/mol. The van der Waals surface area contributed by atoms with E-state index in [1.54, 1.807) is 0 Å². The van der Waals surface area contributed by atoms with Crippen molar-refractivity contribution >= 4 is 5.97 Å². The molecule has 0 aromatic rings. The van der Waals surface area contributed by atoms with Gasteiger partial charge >= 0.3 is 65.7 Å². The highest BCUT2D eigenvalue weighted by Gasteiger charge is 2.96. The predicted molar refractivity (Wildman–Crippen MR) is 111 cm³/mol. The zero-order valence-electron chi connectivity index (χ0n) is 22.5. The van der Waals surface area contributed by atoms with Crippen molar-refractivity contribution in [2.75, 3.05) is 6.61 Å². The lowest BCUT2D eigenvalue weighted by molar-refractivity contribution is -0.465. The highest BCUT2D eigenvalue weighted by Crippen LogP contribution is 2.65. The van der Waals surface area contributed by atoms with Crippen LogP contribution in [0.1, 0.15) is 58.3 Å². The Hall–Kier alpha value is -1.93. The Morgan fingerprint density at radius 2 is 0.911 bits per heavy atom. The summed E-state index contributed by atoms with van der Waals surface area (Å²) >= 11 is 0. The normalized spacial score (nSPS) is 20.5. The number of hydrogen-bond acceptors (Lipinski definition) is 2. The van der Waals surface area contributed by atoms with Gasteiger partial charge in [0.1, 0.15) is 0 Å². The summed E-state index contributed by atoms with van der Waals surface area (Å²) in [5.74, 6) is -77.4. The molecule has 45 heavy (non-hydrogen) atoms. The average Bonchev–Trinajstić information content (AvgIpc) is 2.90. The molecule has 2 nitrogen and oxygen atoms in total. The van der Waals surface area contributed by atoms with Gasteiger partial charge in [0, 0.05) is 6.42 Å². The third-order valence-electron chi connectivity index (χ3n) is 7.35. The lowest BCUT2D eigenvalue weighted by Gasteiger charge is -2.44. The van der Waals surface area contributed by atoms with E-state index >= 15 is 0 Å². The quantitative estimate of drug-likeness (QED) is 0.118. The minimum atomic E-state index is -9.07. The zero-order chi connectivity index (χ0) is 35.9. The Morgan fingerprint density at radius 1 is 0.578 bits per heavy atom. The van der Waals surface area contributed by atoms with Crippen molar-refractivity contribution < 1.29 is 97.3 Å². The summed E-state index contributed by atoms with van der Waals surface area (Å²) < 4.78 is 273. The molecule has 0 spiro atoms. The van der Waals surface area contributed by atoms with Crippen molar-refractivity contribution in [2.45, 2.75) is 118 Å². The van der Waals surface area contributed by atoms with Crippen molar-refractivity contribution in [2.24, 2.45) is 11.8 Å². The van der Waals surface area contributed by atoms with E-state index in [9.17, 15) is 92.6 Å². The zero-order valence-corrected chi connectivity index (χ0v) is 22.5. The molecule has 0 unspecified atom stereocenters. The first kappa shape index (κ1) is 41.1. The molecule has 0 aromatic carbocycles. The molecular weight excluding hydrogens is 688 g/mol. The van der Waals surface area contributed by atoms with Gasteiger partial charge < -0.3 is 4.74 Å². The van der Waals surface area contributed by atoms with Gasteiger partial charge in [-0.25, -0.2) is 8.78 Å². The lowest BCUT2D eigenvalue weighted by Crippen LogP contribution is -2.76. The molecule has 1 saturated carbocycles. The van der Waals surface area contributed by atoms with Crippen LogP contribution in [0, 0.1) is 11.8 Å². The molecule has 0 aromatic heterocycles. The molecule has 1 fully saturated rings. The van der Waals surface area contributed by atoms with E-state index in [1.807, 2.05) is 6.92 Å². The summed E-state index contributed by atoms with van der Waals surface area (Å²) in [6, 6.07) is 0. The second-order valence-corrected chi connectivity index (χ2v) is 10.5. The van der Waals surface area contributed by atoms with Crippen molar-refractivity contribution in [3.63, 3.8) is 0 Å². The molecule has 0 radical (unpaired) electrons. The Labute approximate surface area is 240 Å². The smallest absolute Gasteiger partial charge is 0.385 e. The Morgan fingerprint density at radius 3 is 1.27 bits per heavy atom. The predicted octanol–water partition coefficient (Wildman–Crippen LogP) is 9.90. The van der Waals surface area contributed by atoms with Gasteiger partial charge in [-0.15, -0.1) is 0 Å². The van der Waals surface area contributed by atoms with Gasteiger partial charge in [0.05, 0.1) is 0 Å². The number of carbonyl (C=O) groups is 1. The van der Waals surface area contributed by atoms with E-state index < -0.39 is 78.7 Å². The second-order valence-electron chi connectivity index (χ2n) is 10.5. The molecular formula is C23H24F20O2. The third-order valence-corrected chi connectivity index (χ3v) is 7.35. The fourth-order valence-corrected chi connectivity index (χ4v) is 4.43. The highest BCUT2D eigenvalue weighted by molar-refractivity contribution is 5.69. The van der Waals surface area contributed by atoms with Crippen LogP contribution in [0.2, 0.25) is 0 Å². The standard InChI is InChI=1S/C23H24F20O2/c1-2-3-11-4-6-12(7-5-11)8-9-13(44)45-10-15(26,27)17(30,31)19(34,35)21(38,39)23(42,43)22(40,41)20(36,37)18(32,33)16(28,29)14(24)25/h11-12,14H,2-10H2,1H3. The van der Waals surface area contributed by atoms with Gasteiger partial charge in [0.25, 0.3) is 0 Å². The summed E-state index contributed by atoms with van der Waals surface area (Å²) in [5, 5.41) is 0. The number of ether oxygens (including phenoxy) is 1. The number of halogens is 20. The van der Waals surface area contributed by atoms with Crippen molar-refractivity contribution in [1.29, 1.82) is 0 Å². The molecule has 0 atom stereocenters. The number of esters is 1. The van der Waals surface area contributed by atoms with E-state index in [4.69, 9.17) is 0 Å². The van der Waals surface area contributed by atoms with Gasteiger partial charge in [0.2, 0.25) is 0 Å². The van der Waals surface area contributed by atoms with E-state index in [2.05, 4.69) is 4.74 Å². The summed E-state index contributed by atoms with van der Waals surface area (Å²) in [6.07, 6.45) is -2.88. The van der Waals surface area contributed by atoms with Crippen LogP contribution in [0.4, 0.5) is 87.8 Å². The fourth-order valence-electron chi connectivity index (χ4n) is 4.43. The molecule has 0 amide bonds. The van der Waals surface area contributed by atoms with Crippen LogP contribution in [-0.4, -0.2) is 72.3 Å². The van der Waals surface area contributed by atoms with Crippen LogP contribution in [0.25, 0.3) is 0 Å². The summed E-state index contributed by atoms with van der Waals surface area (Å²) in [5.41, 5.74) is 0. The SMILES string of the molecule is CCCC1CCC(CCC(=O)OCC(F)(F)C(F)(F)C(F)(F)C(F)(F)C(F)(F)C(F)(F)C(F)(F)C(F)(F)C(F)(F)C(F)F)CC1. The van der Waals surface area contributed by atoms with Gasteiger partial charge in [0.15, 0.2) is 6.61 Å². The maximum Gasteiger partial charge on any atom is 0.385 e. The Balaban J connectivity index is 3.22. The molecule has 1 aliphatic carbocycles. The number of alkyl halides is 20. The molecule has 0 heterocycles. The molecule has 1 rings (SSSR count). The van der Waals surface area contributed by atoms with Crippen LogP contribution in [0.3, 0.4) is 0 Å². The van der Waals surface area contributed by atoms with Crippen LogP contribution in [0.15, 0.2) is 0 Å².